The maximum absolute atomic E-state index is 12.4. The zero-order chi connectivity index (χ0) is 47.2. The molecule has 0 saturated carbocycles. The summed E-state index contributed by atoms with van der Waals surface area (Å²) < 4.78 is 5.47. The molecule has 2 atom stereocenters. The molecule has 0 radical (unpaired) electrons. The van der Waals surface area contributed by atoms with Crippen molar-refractivity contribution in [2.45, 2.75) is 328 Å². The summed E-state index contributed by atoms with van der Waals surface area (Å²) >= 11 is 0. The Morgan fingerprint density at radius 2 is 0.723 bits per heavy atom. The Morgan fingerprint density at radius 3 is 1.09 bits per heavy atom. The van der Waals surface area contributed by atoms with Gasteiger partial charge in [-0.25, -0.2) is 0 Å². The minimum absolute atomic E-state index is 0.00145. The molecule has 0 aromatic carbocycles. The molecular weight excluding hydrogens is 803 g/mol. The van der Waals surface area contributed by atoms with Crippen molar-refractivity contribution >= 4 is 11.9 Å². The van der Waals surface area contributed by atoms with Gasteiger partial charge in [0.25, 0.3) is 0 Å². The number of hydrogen-bond donors (Lipinski definition) is 3. The minimum atomic E-state index is -0.845. The van der Waals surface area contributed by atoms with Crippen molar-refractivity contribution in [3.8, 4) is 0 Å². The first-order valence-corrected chi connectivity index (χ1v) is 29.1. The fourth-order valence-corrected chi connectivity index (χ4v) is 8.98. The molecule has 6 heteroatoms. The van der Waals surface area contributed by atoms with Gasteiger partial charge in [-0.1, -0.05) is 269 Å². The zero-order valence-electron chi connectivity index (χ0n) is 43.7. The molecule has 0 rings (SSSR count). The van der Waals surface area contributed by atoms with Crippen LogP contribution in [0.2, 0.25) is 0 Å². The minimum Gasteiger partial charge on any atom is -0.466 e. The highest BCUT2D eigenvalue weighted by Crippen LogP contribution is 2.17. The number of carbonyl (C=O) groups is 2. The number of nitrogens with one attached hydrogen (secondary N) is 1. The number of unbranched alkanes of at least 4 members (excludes halogenated alkanes) is 41. The van der Waals surface area contributed by atoms with E-state index < -0.39 is 12.1 Å². The molecule has 1 amide bonds. The third-order valence-corrected chi connectivity index (χ3v) is 13.5. The van der Waals surface area contributed by atoms with Crippen LogP contribution in [0.1, 0.15) is 316 Å². The number of amides is 1. The maximum Gasteiger partial charge on any atom is 0.305 e. The van der Waals surface area contributed by atoms with Gasteiger partial charge >= 0.3 is 5.97 Å². The van der Waals surface area contributed by atoms with E-state index in [4.69, 9.17) is 4.74 Å². The third-order valence-electron chi connectivity index (χ3n) is 13.5. The number of allylic oxidation sites excluding steroid dienone is 3. The van der Waals surface area contributed by atoms with Crippen molar-refractivity contribution in [3.63, 3.8) is 0 Å². The van der Waals surface area contributed by atoms with Gasteiger partial charge in [0.05, 0.1) is 25.4 Å². The van der Waals surface area contributed by atoms with Crippen LogP contribution >= 0.6 is 0 Å². The SMILES string of the molecule is CCCCCCC/C=C\CCCCCCCC(=O)OCCCCCCCCCCCCCCCCCCCCCCC(=O)NC(CO)C(O)/C=C/CCCCCCCCCCCCCC. The van der Waals surface area contributed by atoms with Crippen LogP contribution in [-0.4, -0.2) is 47.4 Å². The lowest BCUT2D eigenvalue weighted by molar-refractivity contribution is -0.143. The second kappa shape index (κ2) is 54.9. The first kappa shape index (κ1) is 63.3. The molecule has 0 aliphatic rings. The molecule has 0 bridgehead atoms. The molecule has 0 aliphatic heterocycles. The second-order valence-electron chi connectivity index (χ2n) is 20.0. The molecule has 384 valence electrons. The van der Waals surface area contributed by atoms with Crippen molar-refractivity contribution in [3.05, 3.63) is 24.3 Å². The van der Waals surface area contributed by atoms with E-state index >= 15 is 0 Å². The molecule has 2 unspecified atom stereocenters. The predicted octanol–water partition coefficient (Wildman–Crippen LogP) is 17.9. The monoisotopic (exact) mass is 916 g/mol. The molecule has 0 saturated heterocycles. The van der Waals surface area contributed by atoms with Crippen LogP contribution < -0.4 is 5.32 Å². The number of rotatable bonds is 54. The van der Waals surface area contributed by atoms with Crippen LogP contribution in [0, 0.1) is 0 Å². The van der Waals surface area contributed by atoms with E-state index in [9.17, 15) is 19.8 Å². The standard InChI is InChI=1S/C59H113NO5/c1-3-5-7-9-11-13-15-17-27-31-35-39-43-47-51-57(62)56(55-61)60-58(63)52-48-44-40-36-32-28-25-23-21-19-20-22-24-26-30-34-38-42-46-50-54-65-59(64)53-49-45-41-37-33-29-18-16-14-12-10-8-6-4-2/h16,18,47,51,56-57,61-62H,3-15,17,19-46,48-50,52-55H2,1-2H3,(H,60,63)/b18-16-,51-47+. The predicted molar refractivity (Wildman–Crippen MR) is 283 cm³/mol. The molecule has 65 heavy (non-hydrogen) atoms. The topological polar surface area (TPSA) is 95.9 Å². The first-order valence-electron chi connectivity index (χ1n) is 29.1. The number of aliphatic hydroxyl groups is 2. The number of carbonyl (C=O) groups excluding carboxylic acids is 2. The van der Waals surface area contributed by atoms with Gasteiger partial charge in [-0.05, 0) is 57.8 Å². The quantitative estimate of drug-likeness (QED) is 0.0321. The number of hydrogen-bond acceptors (Lipinski definition) is 5. The maximum atomic E-state index is 12.4. The molecule has 3 N–H and O–H groups in total. The molecular formula is C59H113NO5. The van der Waals surface area contributed by atoms with Crippen LogP contribution in [-0.2, 0) is 14.3 Å². The van der Waals surface area contributed by atoms with Gasteiger partial charge in [-0.3, -0.25) is 9.59 Å². The van der Waals surface area contributed by atoms with Crippen LogP contribution in [0.4, 0.5) is 0 Å². The van der Waals surface area contributed by atoms with E-state index in [-0.39, 0.29) is 18.5 Å². The van der Waals surface area contributed by atoms with E-state index in [1.807, 2.05) is 6.08 Å². The number of aliphatic hydroxyl groups excluding tert-OH is 2. The van der Waals surface area contributed by atoms with Crippen molar-refractivity contribution < 1.29 is 24.5 Å². The second-order valence-corrected chi connectivity index (χ2v) is 20.0. The van der Waals surface area contributed by atoms with Crippen LogP contribution in [0.5, 0.6) is 0 Å². The Balaban J connectivity index is 3.41. The van der Waals surface area contributed by atoms with E-state index in [2.05, 4.69) is 31.3 Å². The lowest BCUT2D eigenvalue weighted by Crippen LogP contribution is -2.45. The van der Waals surface area contributed by atoms with Crippen molar-refractivity contribution in [1.29, 1.82) is 0 Å². The Kier molecular flexibility index (Phi) is 53.5. The number of ether oxygens (including phenoxy) is 1. The van der Waals surface area contributed by atoms with Gasteiger partial charge in [0.1, 0.15) is 0 Å². The molecule has 0 heterocycles. The summed E-state index contributed by atoms with van der Waals surface area (Å²) in [6, 6.07) is -0.628. The largest absolute Gasteiger partial charge is 0.466 e. The normalized spacial score (nSPS) is 12.7. The Morgan fingerprint density at radius 1 is 0.415 bits per heavy atom. The Bertz CT molecular complexity index is 1010. The zero-order valence-corrected chi connectivity index (χ0v) is 43.7. The van der Waals surface area contributed by atoms with Gasteiger partial charge in [-0.15, -0.1) is 0 Å². The van der Waals surface area contributed by atoms with Gasteiger partial charge in [-0.2, -0.15) is 0 Å². The summed E-state index contributed by atoms with van der Waals surface area (Å²) in [5.41, 5.74) is 0. The molecule has 0 aliphatic carbocycles. The van der Waals surface area contributed by atoms with Gasteiger partial charge in [0.2, 0.25) is 5.91 Å². The molecule has 0 aromatic rings. The Hall–Kier alpha value is -1.66. The van der Waals surface area contributed by atoms with Crippen molar-refractivity contribution in [2.24, 2.45) is 0 Å². The van der Waals surface area contributed by atoms with E-state index in [0.717, 1.165) is 44.9 Å². The van der Waals surface area contributed by atoms with Gasteiger partial charge in [0, 0.05) is 12.8 Å². The fourth-order valence-electron chi connectivity index (χ4n) is 8.98. The summed E-state index contributed by atoms with van der Waals surface area (Å²) in [5.74, 6) is -0.0677. The molecule has 6 nitrogen and oxygen atoms in total. The fraction of sp³-hybridized carbons (Fsp3) is 0.898. The van der Waals surface area contributed by atoms with E-state index in [1.54, 1.807) is 6.08 Å². The molecule has 0 fully saturated rings. The highest BCUT2D eigenvalue weighted by molar-refractivity contribution is 5.76. The smallest absolute Gasteiger partial charge is 0.305 e. The van der Waals surface area contributed by atoms with Gasteiger partial charge in [0.15, 0.2) is 0 Å². The highest BCUT2D eigenvalue weighted by atomic mass is 16.5. The first-order chi connectivity index (χ1) is 32.0. The lowest BCUT2D eigenvalue weighted by atomic mass is 10.0. The molecule has 0 aromatic heterocycles. The Labute approximate surface area is 405 Å². The summed E-state index contributed by atoms with van der Waals surface area (Å²) in [5, 5.41) is 23.1. The summed E-state index contributed by atoms with van der Waals surface area (Å²) in [6.45, 7) is 4.89. The van der Waals surface area contributed by atoms with Crippen molar-refractivity contribution in [2.75, 3.05) is 13.2 Å². The lowest BCUT2D eigenvalue weighted by Gasteiger charge is -2.20. The molecule has 0 spiro atoms. The average molecular weight is 917 g/mol. The average Bonchev–Trinajstić information content (AvgIpc) is 3.31. The van der Waals surface area contributed by atoms with Crippen LogP contribution in [0.15, 0.2) is 24.3 Å². The summed E-state index contributed by atoms with van der Waals surface area (Å²) in [6.07, 6.45) is 66.3. The van der Waals surface area contributed by atoms with Crippen LogP contribution in [0.3, 0.4) is 0 Å². The highest BCUT2D eigenvalue weighted by Gasteiger charge is 2.18. The van der Waals surface area contributed by atoms with Crippen LogP contribution in [0.25, 0.3) is 0 Å². The van der Waals surface area contributed by atoms with Crippen molar-refractivity contribution in [1.82, 2.24) is 5.32 Å². The van der Waals surface area contributed by atoms with E-state index in [0.29, 0.717) is 19.4 Å². The summed E-state index contributed by atoms with van der Waals surface area (Å²) in [7, 11) is 0. The number of esters is 1. The summed E-state index contributed by atoms with van der Waals surface area (Å²) in [4.78, 5) is 24.5. The third kappa shape index (κ3) is 51.6. The van der Waals surface area contributed by atoms with E-state index in [1.165, 1.54) is 244 Å². The van der Waals surface area contributed by atoms with Gasteiger partial charge < -0.3 is 20.3 Å².